The summed E-state index contributed by atoms with van der Waals surface area (Å²) < 4.78 is 24.4. The first-order chi connectivity index (χ1) is 12.2. The SMILES string of the molecule is Cc1cc(-c2noc(CCc3nnc(C4CCCC4)o3)n2)ccc1F. The van der Waals surface area contributed by atoms with Crippen LogP contribution in [0.4, 0.5) is 4.39 Å². The molecule has 4 rings (SSSR count). The van der Waals surface area contributed by atoms with E-state index in [2.05, 4.69) is 20.3 Å². The van der Waals surface area contributed by atoms with Crippen molar-refractivity contribution in [2.45, 2.75) is 51.4 Å². The number of nitrogens with zero attached hydrogens (tertiary/aromatic N) is 4. The van der Waals surface area contributed by atoms with Gasteiger partial charge >= 0.3 is 0 Å². The zero-order chi connectivity index (χ0) is 17.2. The predicted molar refractivity (Wildman–Crippen MR) is 87.3 cm³/mol. The van der Waals surface area contributed by atoms with E-state index in [1.807, 2.05) is 0 Å². The van der Waals surface area contributed by atoms with Gasteiger partial charge in [0.2, 0.25) is 23.5 Å². The maximum absolute atomic E-state index is 13.4. The van der Waals surface area contributed by atoms with Crippen LogP contribution in [-0.4, -0.2) is 20.3 Å². The van der Waals surface area contributed by atoms with Gasteiger partial charge in [-0.05, 0) is 43.5 Å². The van der Waals surface area contributed by atoms with E-state index >= 15 is 0 Å². The molecule has 3 aromatic rings. The highest BCUT2D eigenvalue weighted by Gasteiger charge is 2.22. The summed E-state index contributed by atoms with van der Waals surface area (Å²) >= 11 is 0. The molecule has 130 valence electrons. The molecule has 0 saturated heterocycles. The average Bonchev–Trinajstić information content (AvgIpc) is 3.36. The topological polar surface area (TPSA) is 77.8 Å². The van der Waals surface area contributed by atoms with Crippen LogP contribution in [-0.2, 0) is 12.8 Å². The lowest BCUT2D eigenvalue weighted by Crippen LogP contribution is -1.92. The molecule has 0 unspecified atom stereocenters. The summed E-state index contributed by atoms with van der Waals surface area (Å²) in [6.45, 7) is 1.71. The van der Waals surface area contributed by atoms with E-state index in [0.29, 0.717) is 41.9 Å². The summed E-state index contributed by atoms with van der Waals surface area (Å²) in [5.74, 6) is 2.47. The van der Waals surface area contributed by atoms with Crippen molar-refractivity contribution < 1.29 is 13.3 Å². The van der Waals surface area contributed by atoms with Crippen molar-refractivity contribution >= 4 is 0 Å². The van der Waals surface area contributed by atoms with Crippen LogP contribution >= 0.6 is 0 Å². The number of halogens is 1. The molecule has 2 heterocycles. The molecule has 0 amide bonds. The van der Waals surface area contributed by atoms with Gasteiger partial charge in [0, 0.05) is 24.3 Å². The van der Waals surface area contributed by atoms with Crippen LogP contribution in [0, 0.1) is 12.7 Å². The number of benzene rings is 1. The fourth-order valence-corrected chi connectivity index (χ4v) is 3.18. The molecule has 1 aromatic carbocycles. The highest BCUT2D eigenvalue weighted by molar-refractivity contribution is 5.55. The lowest BCUT2D eigenvalue weighted by Gasteiger charge is -2.00. The zero-order valence-corrected chi connectivity index (χ0v) is 14.0. The molecule has 0 aliphatic heterocycles. The summed E-state index contributed by atoms with van der Waals surface area (Å²) in [6, 6.07) is 4.75. The molecule has 1 saturated carbocycles. The molecule has 2 aromatic heterocycles. The smallest absolute Gasteiger partial charge is 0.227 e. The van der Waals surface area contributed by atoms with Gasteiger partial charge in [0.25, 0.3) is 0 Å². The van der Waals surface area contributed by atoms with Crippen LogP contribution in [0.5, 0.6) is 0 Å². The Hall–Kier alpha value is -2.57. The Morgan fingerprint density at radius 1 is 1.12 bits per heavy atom. The molecule has 0 bridgehead atoms. The third kappa shape index (κ3) is 3.45. The summed E-state index contributed by atoms with van der Waals surface area (Å²) in [5.41, 5.74) is 1.28. The second kappa shape index (κ2) is 6.74. The van der Waals surface area contributed by atoms with E-state index in [0.717, 1.165) is 24.3 Å². The third-order valence-corrected chi connectivity index (χ3v) is 4.62. The lowest BCUT2D eigenvalue weighted by atomic mass is 10.1. The Morgan fingerprint density at radius 2 is 1.92 bits per heavy atom. The number of rotatable bonds is 5. The van der Waals surface area contributed by atoms with Crippen molar-refractivity contribution in [1.82, 2.24) is 20.3 Å². The van der Waals surface area contributed by atoms with E-state index in [9.17, 15) is 4.39 Å². The van der Waals surface area contributed by atoms with Gasteiger partial charge in [-0.25, -0.2) is 4.39 Å². The average molecular weight is 342 g/mol. The van der Waals surface area contributed by atoms with Gasteiger partial charge in [-0.2, -0.15) is 4.98 Å². The van der Waals surface area contributed by atoms with Gasteiger partial charge in [0.15, 0.2) is 0 Å². The number of aromatic nitrogens is 4. The zero-order valence-electron chi connectivity index (χ0n) is 14.0. The first-order valence-electron chi connectivity index (χ1n) is 8.60. The van der Waals surface area contributed by atoms with Crippen molar-refractivity contribution in [1.29, 1.82) is 0 Å². The maximum Gasteiger partial charge on any atom is 0.227 e. The minimum Gasteiger partial charge on any atom is -0.425 e. The van der Waals surface area contributed by atoms with Crippen molar-refractivity contribution in [2.75, 3.05) is 0 Å². The monoisotopic (exact) mass is 342 g/mol. The van der Waals surface area contributed by atoms with Gasteiger partial charge in [-0.3, -0.25) is 0 Å². The van der Waals surface area contributed by atoms with Crippen molar-refractivity contribution in [3.63, 3.8) is 0 Å². The van der Waals surface area contributed by atoms with E-state index < -0.39 is 0 Å². The van der Waals surface area contributed by atoms with Gasteiger partial charge in [0.05, 0.1) is 0 Å². The number of hydrogen-bond acceptors (Lipinski definition) is 6. The quantitative estimate of drug-likeness (QED) is 0.697. The molecule has 1 aliphatic rings. The minimum absolute atomic E-state index is 0.248. The van der Waals surface area contributed by atoms with Crippen LogP contribution in [0.3, 0.4) is 0 Å². The van der Waals surface area contributed by atoms with Crippen molar-refractivity contribution in [3.05, 3.63) is 47.3 Å². The van der Waals surface area contributed by atoms with Crippen LogP contribution in [0.2, 0.25) is 0 Å². The summed E-state index contributed by atoms with van der Waals surface area (Å²) in [6.07, 6.45) is 5.81. The Balaban J connectivity index is 1.40. The molecule has 25 heavy (non-hydrogen) atoms. The third-order valence-electron chi connectivity index (χ3n) is 4.62. The lowest BCUT2D eigenvalue weighted by molar-refractivity contribution is 0.367. The molecule has 0 spiro atoms. The highest BCUT2D eigenvalue weighted by atomic mass is 19.1. The van der Waals surface area contributed by atoms with Crippen LogP contribution in [0.15, 0.2) is 27.1 Å². The Morgan fingerprint density at radius 3 is 2.72 bits per heavy atom. The predicted octanol–water partition coefficient (Wildman–Crippen LogP) is 4.01. The van der Waals surface area contributed by atoms with E-state index in [4.69, 9.17) is 8.94 Å². The summed E-state index contributed by atoms with van der Waals surface area (Å²) in [4.78, 5) is 4.36. The minimum atomic E-state index is -0.248. The fourth-order valence-electron chi connectivity index (χ4n) is 3.18. The maximum atomic E-state index is 13.4. The fraction of sp³-hybridized carbons (Fsp3) is 0.444. The molecular formula is C18H19FN4O2. The van der Waals surface area contributed by atoms with Crippen molar-refractivity contribution in [2.24, 2.45) is 0 Å². The van der Waals surface area contributed by atoms with E-state index in [1.165, 1.54) is 18.9 Å². The van der Waals surface area contributed by atoms with E-state index in [-0.39, 0.29) is 5.82 Å². The first kappa shape index (κ1) is 15.9. The second-order valence-electron chi connectivity index (χ2n) is 6.49. The van der Waals surface area contributed by atoms with Crippen LogP contribution in [0.25, 0.3) is 11.4 Å². The van der Waals surface area contributed by atoms with Gasteiger partial charge in [-0.15, -0.1) is 10.2 Å². The summed E-state index contributed by atoms with van der Waals surface area (Å²) in [7, 11) is 0. The molecule has 7 heteroatoms. The highest BCUT2D eigenvalue weighted by Crippen LogP contribution is 2.33. The largest absolute Gasteiger partial charge is 0.425 e. The first-order valence-corrected chi connectivity index (χ1v) is 8.60. The standard InChI is InChI=1S/C18H19FN4O2/c1-11-10-13(6-7-14(11)19)17-20-15(25-23-17)8-9-16-21-22-18(24-16)12-4-2-3-5-12/h6-7,10,12H,2-5,8-9H2,1H3. The van der Waals surface area contributed by atoms with Gasteiger partial charge in [0.1, 0.15) is 5.82 Å². The second-order valence-corrected chi connectivity index (χ2v) is 6.49. The summed E-state index contributed by atoms with van der Waals surface area (Å²) in [5, 5.41) is 12.2. The van der Waals surface area contributed by atoms with E-state index in [1.54, 1.807) is 19.1 Å². The van der Waals surface area contributed by atoms with Gasteiger partial charge in [-0.1, -0.05) is 18.0 Å². The normalized spacial score (nSPS) is 15.1. The molecule has 0 atom stereocenters. The molecule has 1 fully saturated rings. The van der Waals surface area contributed by atoms with Crippen LogP contribution in [0.1, 0.15) is 54.8 Å². The molecule has 1 aliphatic carbocycles. The van der Waals surface area contributed by atoms with Crippen LogP contribution < -0.4 is 0 Å². The van der Waals surface area contributed by atoms with Crippen molar-refractivity contribution in [3.8, 4) is 11.4 Å². The Labute approximate surface area is 144 Å². The van der Waals surface area contributed by atoms with Gasteiger partial charge < -0.3 is 8.94 Å². The molecular weight excluding hydrogens is 323 g/mol. The number of hydrogen-bond donors (Lipinski definition) is 0. The Kier molecular flexibility index (Phi) is 4.29. The Bertz CT molecular complexity index is 868. The number of aryl methyl sites for hydroxylation is 3. The molecule has 6 nitrogen and oxygen atoms in total. The molecule has 0 radical (unpaired) electrons. The molecule has 0 N–H and O–H groups in total.